The molecule has 1 aliphatic rings. The highest BCUT2D eigenvalue weighted by molar-refractivity contribution is 5.91. The molecule has 0 fully saturated rings. The quantitative estimate of drug-likeness (QED) is 0.800. The molecule has 0 aromatic carbocycles. The molecule has 0 aliphatic heterocycles. The third-order valence-corrected chi connectivity index (χ3v) is 2.91. The van der Waals surface area contributed by atoms with E-state index in [-0.39, 0.29) is 5.78 Å². The number of rotatable bonds is 4. The van der Waals surface area contributed by atoms with Crippen molar-refractivity contribution in [3.05, 3.63) is 23.8 Å². The molecule has 0 saturated heterocycles. The van der Waals surface area contributed by atoms with E-state index in [9.17, 15) is 4.79 Å². The highest BCUT2D eigenvalue weighted by Gasteiger charge is 2.13. The van der Waals surface area contributed by atoms with Crippen LogP contribution in [0.5, 0.6) is 0 Å². The SMILES string of the molecule is CC(C)Cn1ncnc1CC1=CC(=O)CCC1. The lowest BCUT2D eigenvalue weighted by atomic mass is 9.96. The summed E-state index contributed by atoms with van der Waals surface area (Å²) >= 11 is 0. The van der Waals surface area contributed by atoms with Gasteiger partial charge in [-0.25, -0.2) is 9.67 Å². The van der Waals surface area contributed by atoms with E-state index >= 15 is 0 Å². The Morgan fingerprint density at radius 2 is 2.24 bits per heavy atom. The van der Waals surface area contributed by atoms with E-state index in [0.29, 0.717) is 12.3 Å². The van der Waals surface area contributed by atoms with E-state index in [0.717, 1.165) is 31.6 Å². The Kier molecular flexibility index (Phi) is 3.71. The summed E-state index contributed by atoms with van der Waals surface area (Å²) in [4.78, 5) is 15.6. The average molecular weight is 233 g/mol. The fraction of sp³-hybridized carbons (Fsp3) is 0.615. The van der Waals surface area contributed by atoms with Crippen LogP contribution < -0.4 is 0 Å². The molecule has 4 heteroatoms. The van der Waals surface area contributed by atoms with Crippen molar-refractivity contribution in [1.82, 2.24) is 14.8 Å². The summed E-state index contributed by atoms with van der Waals surface area (Å²) in [6, 6.07) is 0. The summed E-state index contributed by atoms with van der Waals surface area (Å²) in [5.74, 6) is 1.78. The summed E-state index contributed by atoms with van der Waals surface area (Å²) in [6.45, 7) is 5.21. The lowest BCUT2D eigenvalue weighted by Gasteiger charge is -2.13. The number of ketones is 1. The molecule has 0 amide bonds. The predicted octanol–water partition coefficient (Wildman–Crippen LogP) is 2.16. The molecule has 0 bridgehead atoms. The van der Waals surface area contributed by atoms with Crippen molar-refractivity contribution in [2.24, 2.45) is 5.92 Å². The second-order valence-corrected chi connectivity index (χ2v) is 5.05. The molecule has 1 heterocycles. The summed E-state index contributed by atoms with van der Waals surface area (Å²) < 4.78 is 1.95. The van der Waals surface area contributed by atoms with E-state index in [2.05, 4.69) is 23.9 Å². The summed E-state index contributed by atoms with van der Waals surface area (Å²) in [6.07, 6.45) is 6.84. The zero-order valence-electron chi connectivity index (χ0n) is 10.5. The molecule has 0 atom stereocenters. The van der Waals surface area contributed by atoms with Crippen LogP contribution in [0.15, 0.2) is 18.0 Å². The van der Waals surface area contributed by atoms with Gasteiger partial charge < -0.3 is 0 Å². The van der Waals surface area contributed by atoms with Crippen LogP contribution in [0.1, 0.15) is 38.9 Å². The van der Waals surface area contributed by atoms with Gasteiger partial charge in [-0.1, -0.05) is 19.4 Å². The van der Waals surface area contributed by atoms with Crippen LogP contribution in [-0.2, 0) is 17.8 Å². The minimum atomic E-state index is 0.251. The van der Waals surface area contributed by atoms with Crippen LogP contribution in [0.2, 0.25) is 0 Å². The number of carbonyl (C=O) groups excluding carboxylic acids is 1. The molecule has 4 nitrogen and oxygen atoms in total. The number of hydrogen-bond donors (Lipinski definition) is 0. The van der Waals surface area contributed by atoms with Gasteiger partial charge in [0.15, 0.2) is 5.78 Å². The highest BCUT2D eigenvalue weighted by atomic mass is 16.1. The molecule has 1 aromatic heterocycles. The van der Waals surface area contributed by atoms with Gasteiger partial charge in [-0.3, -0.25) is 4.79 Å². The summed E-state index contributed by atoms with van der Waals surface area (Å²) in [5.41, 5.74) is 1.19. The molecule has 17 heavy (non-hydrogen) atoms. The smallest absolute Gasteiger partial charge is 0.155 e. The Balaban J connectivity index is 2.08. The largest absolute Gasteiger partial charge is 0.295 e. The molecule has 92 valence electrons. The topological polar surface area (TPSA) is 47.8 Å². The highest BCUT2D eigenvalue weighted by Crippen LogP contribution is 2.18. The average Bonchev–Trinajstić information content (AvgIpc) is 2.65. The summed E-state index contributed by atoms with van der Waals surface area (Å²) in [5, 5.41) is 4.23. The summed E-state index contributed by atoms with van der Waals surface area (Å²) in [7, 11) is 0. The maximum Gasteiger partial charge on any atom is 0.155 e. The number of nitrogens with zero attached hydrogens (tertiary/aromatic N) is 3. The van der Waals surface area contributed by atoms with Crippen LogP contribution in [0.4, 0.5) is 0 Å². The Bertz CT molecular complexity index is 432. The first kappa shape index (κ1) is 12.0. The maximum atomic E-state index is 11.3. The van der Waals surface area contributed by atoms with Crippen LogP contribution in [0, 0.1) is 5.92 Å². The first-order valence-corrected chi connectivity index (χ1v) is 6.24. The molecule has 0 unspecified atom stereocenters. The molecule has 1 aromatic rings. The van der Waals surface area contributed by atoms with Crippen molar-refractivity contribution in [2.45, 2.75) is 46.1 Å². The normalized spacial score (nSPS) is 16.4. The molecular formula is C13H19N3O. The van der Waals surface area contributed by atoms with Crippen molar-refractivity contribution in [2.75, 3.05) is 0 Å². The number of hydrogen-bond acceptors (Lipinski definition) is 3. The van der Waals surface area contributed by atoms with Crippen molar-refractivity contribution in [3.8, 4) is 0 Å². The molecular weight excluding hydrogens is 214 g/mol. The fourth-order valence-corrected chi connectivity index (χ4v) is 2.13. The first-order valence-electron chi connectivity index (χ1n) is 6.24. The zero-order chi connectivity index (χ0) is 12.3. The molecule has 0 N–H and O–H groups in total. The van der Waals surface area contributed by atoms with Gasteiger partial charge in [0.25, 0.3) is 0 Å². The number of allylic oxidation sites excluding steroid dienone is 2. The monoisotopic (exact) mass is 233 g/mol. The van der Waals surface area contributed by atoms with Gasteiger partial charge in [0.05, 0.1) is 0 Å². The van der Waals surface area contributed by atoms with Crippen molar-refractivity contribution < 1.29 is 4.79 Å². The molecule has 0 spiro atoms. The van der Waals surface area contributed by atoms with Gasteiger partial charge in [-0.2, -0.15) is 5.10 Å². The molecule has 0 saturated carbocycles. The Morgan fingerprint density at radius 1 is 1.41 bits per heavy atom. The minimum Gasteiger partial charge on any atom is -0.295 e. The molecule has 1 aliphatic carbocycles. The third kappa shape index (κ3) is 3.25. The maximum absolute atomic E-state index is 11.3. The first-order chi connectivity index (χ1) is 8.15. The Hall–Kier alpha value is -1.45. The minimum absolute atomic E-state index is 0.251. The van der Waals surface area contributed by atoms with Crippen LogP contribution in [-0.4, -0.2) is 20.5 Å². The number of aromatic nitrogens is 3. The van der Waals surface area contributed by atoms with Crippen LogP contribution >= 0.6 is 0 Å². The second kappa shape index (κ2) is 5.25. The number of carbonyl (C=O) groups is 1. The van der Waals surface area contributed by atoms with Gasteiger partial charge in [-0.15, -0.1) is 0 Å². The van der Waals surface area contributed by atoms with Crippen LogP contribution in [0.25, 0.3) is 0 Å². The standard InChI is InChI=1S/C13H19N3O/c1-10(2)8-16-13(14-9-15-16)7-11-4-3-5-12(17)6-11/h6,9-10H,3-5,7-8H2,1-2H3. The molecule has 2 rings (SSSR count). The van der Waals surface area contributed by atoms with Gasteiger partial charge in [0, 0.05) is 19.4 Å². The Morgan fingerprint density at radius 3 is 2.94 bits per heavy atom. The lowest BCUT2D eigenvalue weighted by molar-refractivity contribution is -0.115. The van der Waals surface area contributed by atoms with Gasteiger partial charge >= 0.3 is 0 Å². The van der Waals surface area contributed by atoms with E-state index in [1.165, 1.54) is 5.57 Å². The van der Waals surface area contributed by atoms with E-state index in [1.54, 1.807) is 12.4 Å². The predicted molar refractivity (Wildman–Crippen MR) is 65.5 cm³/mol. The van der Waals surface area contributed by atoms with Crippen molar-refractivity contribution in [1.29, 1.82) is 0 Å². The van der Waals surface area contributed by atoms with Gasteiger partial charge in [0.1, 0.15) is 12.2 Å². The Labute approximate surface area is 102 Å². The van der Waals surface area contributed by atoms with Crippen LogP contribution in [0.3, 0.4) is 0 Å². The van der Waals surface area contributed by atoms with Crippen molar-refractivity contribution >= 4 is 5.78 Å². The second-order valence-electron chi connectivity index (χ2n) is 5.05. The van der Waals surface area contributed by atoms with Gasteiger partial charge in [-0.05, 0) is 24.8 Å². The fourth-order valence-electron chi connectivity index (χ4n) is 2.13. The van der Waals surface area contributed by atoms with Gasteiger partial charge in [0.2, 0.25) is 0 Å². The van der Waals surface area contributed by atoms with E-state index in [1.807, 2.05) is 4.68 Å². The van der Waals surface area contributed by atoms with Crippen molar-refractivity contribution in [3.63, 3.8) is 0 Å². The third-order valence-electron chi connectivity index (χ3n) is 2.91. The lowest BCUT2D eigenvalue weighted by Crippen LogP contribution is -2.12. The zero-order valence-corrected chi connectivity index (χ0v) is 10.5. The van der Waals surface area contributed by atoms with E-state index in [4.69, 9.17) is 0 Å². The van der Waals surface area contributed by atoms with E-state index < -0.39 is 0 Å². The molecule has 0 radical (unpaired) electrons.